The molecule has 0 spiro atoms. The molecule has 6 heteroatoms. The first-order chi connectivity index (χ1) is 9.92. The van der Waals surface area contributed by atoms with Gasteiger partial charge in [0.05, 0.1) is 4.90 Å². The van der Waals surface area contributed by atoms with E-state index in [1.807, 2.05) is 0 Å². The third-order valence-corrected chi connectivity index (χ3v) is 6.61. The molecular formula is C15H23BrN2O2S. The summed E-state index contributed by atoms with van der Waals surface area (Å²) in [4.78, 5) is 0.257. The molecule has 1 aliphatic rings. The van der Waals surface area contributed by atoms with E-state index in [4.69, 9.17) is 5.73 Å². The zero-order chi connectivity index (χ0) is 15.5. The van der Waals surface area contributed by atoms with Gasteiger partial charge in [-0.15, -0.1) is 0 Å². The van der Waals surface area contributed by atoms with Crippen molar-refractivity contribution in [2.24, 2.45) is 5.92 Å². The van der Waals surface area contributed by atoms with Gasteiger partial charge >= 0.3 is 0 Å². The van der Waals surface area contributed by atoms with Crippen molar-refractivity contribution in [1.82, 2.24) is 4.72 Å². The number of nitrogens with one attached hydrogen (secondary N) is 1. The second-order valence-electron chi connectivity index (χ2n) is 5.82. The number of sulfonamides is 1. The highest BCUT2D eigenvalue weighted by molar-refractivity contribution is 9.10. The Balaban J connectivity index is 2.02. The molecule has 0 atom stereocenters. The number of benzene rings is 1. The molecule has 0 aromatic heterocycles. The zero-order valence-electron chi connectivity index (χ0n) is 12.3. The van der Waals surface area contributed by atoms with E-state index in [-0.39, 0.29) is 10.9 Å². The van der Waals surface area contributed by atoms with Crippen LogP contribution < -0.4 is 10.5 Å². The van der Waals surface area contributed by atoms with E-state index < -0.39 is 10.0 Å². The molecule has 1 aromatic rings. The van der Waals surface area contributed by atoms with Crippen LogP contribution in [0.3, 0.4) is 0 Å². The lowest BCUT2D eigenvalue weighted by Gasteiger charge is -2.28. The average molecular weight is 375 g/mol. The van der Waals surface area contributed by atoms with Crippen LogP contribution in [-0.2, 0) is 10.0 Å². The van der Waals surface area contributed by atoms with Gasteiger partial charge in [-0.2, -0.15) is 0 Å². The molecule has 21 heavy (non-hydrogen) atoms. The Labute approximate surface area is 135 Å². The summed E-state index contributed by atoms with van der Waals surface area (Å²) in [6, 6.07) is 4.82. The third-order valence-electron chi connectivity index (χ3n) is 4.11. The van der Waals surface area contributed by atoms with Gasteiger partial charge < -0.3 is 5.73 Å². The average Bonchev–Trinajstić information content (AvgIpc) is 2.40. The second kappa shape index (κ2) is 7.11. The van der Waals surface area contributed by atoms with Gasteiger partial charge in [0.25, 0.3) is 0 Å². The molecule has 0 aliphatic heterocycles. The summed E-state index contributed by atoms with van der Waals surface area (Å²) in [6.07, 6.45) is 6.54. The van der Waals surface area contributed by atoms with Gasteiger partial charge in [-0.3, -0.25) is 0 Å². The van der Waals surface area contributed by atoms with Gasteiger partial charge in [-0.05, 0) is 65.7 Å². The Hall–Kier alpha value is -0.590. The van der Waals surface area contributed by atoms with Crippen molar-refractivity contribution in [3.63, 3.8) is 0 Å². The Morgan fingerprint density at radius 1 is 1.29 bits per heavy atom. The smallest absolute Gasteiger partial charge is 0.241 e. The molecule has 0 unspecified atom stereocenters. The monoisotopic (exact) mass is 374 g/mol. The minimum Gasteiger partial charge on any atom is -0.399 e. The van der Waals surface area contributed by atoms with Crippen molar-refractivity contribution in [3.8, 4) is 0 Å². The van der Waals surface area contributed by atoms with Crippen LogP contribution in [0.5, 0.6) is 0 Å². The lowest BCUT2D eigenvalue weighted by atomic mass is 9.84. The molecule has 1 fully saturated rings. The van der Waals surface area contributed by atoms with Crippen LogP contribution in [0.2, 0.25) is 0 Å². The third kappa shape index (κ3) is 4.44. The molecule has 0 bridgehead atoms. The topological polar surface area (TPSA) is 72.2 Å². The summed E-state index contributed by atoms with van der Waals surface area (Å²) in [5.41, 5.74) is 6.20. The van der Waals surface area contributed by atoms with E-state index in [0.717, 1.165) is 31.6 Å². The Morgan fingerprint density at radius 2 is 1.95 bits per heavy atom. The van der Waals surface area contributed by atoms with Crippen LogP contribution in [0.4, 0.5) is 5.69 Å². The number of halogens is 1. The van der Waals surface area contributed by atoms with Gasteiger partial charge in [0.1, 0.15) is 0 Å². The van der Waals surface area contributed by atoms with Gasteiger partial charge in [0.2, 0.25) is 10.0 Å². The van der Waals surface area contributed by atoms with Crippen LogP contribution in [0.25, 0.3) is 0 Å². The zero-order valence-corrected chi connectivity index (χ0v) is 14.7. The Kier molecular flexibility index (Phi) is 5.68. The van der Waals surface area contributed by atoms with E-state index in [0.29, 0.717) is 10.2 Å². The van der Waals surface area contributed by atoms with Crippen molar-refractivity contribution in [2.45, 2.75) is 56.4 Å². The van der Waals surface area contributed by atoms with Crippen molar-refractivity contribution in [3.05, 3.63) is 22.7 Å². The van der Waals surface area contributed by atoms with Crippen LogP contribution in [-0.4, -0.2) is 14.5 Å². The maximum Gasteiger partial charge on any atom is 0.241 e. The SMILES string of the molecule is CCCC1CCC(NS(=O)(=O)c2ccc(N)cc2Br)CC1. The first-order valence-corrected chi connectivity index (χ1v) is 9.77. The second-order valence-corrected chi connectivity index (χ2v) is 8.35. The summed E-state index contributed by atoms with van der Waals surface area (Å²) in [7, 11) is -3.49. The minimum atomic E-state index is -3.49. The predicted octanol–water partition coefficient (Wildman–Crippen LogP) is 3.67. The van der Waals surface area contributed by atoms with Crippen molar-refractivity contribution < 1.29 is 8.42 Å². The van der Waals surface area contributed by atoms with Crippen molar-refractivity contribution in [2.75, 3.05) is 5.73 Å². The quantitative estimate of drug-likeness (QED) is 0.772. The van der Waals surface area contributed by atoms with Gasteiger partial charge in [-0.1, -0.05) is 19.8 Å². The first kappa shape index (κ1) is 16.8. The summed E-state index contributed by atoms with van der Waals surface area (Å²) in [6.45, 7) is 2.20. The summed E-state index contributed by atoms with van der Waals surface area (Å²) in [5.74, 6) is 0.763. The summed E-state index contributed by atoms with van der Waals surface area (Å²) < 4.78 is 28.3. The maximum atomic E-state index is 12.5. The molecule has 0 saturated heterocycles. The van der Waals surface area contributed by atoms with E-state index in [9.17, 15) is 8.42 Å². The maximum absolute atomic E-state index is 12.5. The summed E-state index contributed by atoms with van der Waals surface area (Å²) >= 11 is 3.28. The first-order valence-electron chi connectivity index (χ1n) is 7.49. The molecule has 0 amide bonds. The molecular weight excluding hydrogens is 352 g/mol. The normalized spacial score (nSPS) is 23.1. The molecule has 2 rings (SSSR count). The van der Waals surface area contributed by atoms with E-state index in [1.54, 1.807) is 18.2 Å². The number of nitrogens with two attached hydrogens (primary N) is 1. The molecule has 3 N–H and O–H groups in total. The molecule has 0 radical (unpaired) electrons. The highest BCUT2D eigenvalue weighted by Crippen LogP contribution is 2.30. The fourth-order valence-corrected chi connectivity index (χ4v) is 5.40. The Bertz CT molecular complexity index is 581. The molecule has 118 valence electrons. The number of rotatable bonds is 5. The minimum absolute atomic E-state index is 0.0487. The highest BCUT2D eigenvalue weighted by atomic mass is 79.9. The molecule has 1 saturated carbocycles. The fraction of sp³-hybridized carbons (Fsp3) is 0.600. The van der Waals surface area contributed by atoms with Crippen LogP contribution >= 0.6 is 15.9 Å². The highest BCUT2D eigenvalue weighted by Gasteiger charge is 2.26. The van der Waals surface area contributed by atoms with E-state index in [2.05, 4.69) is 27.6 Å². The van der Waals surface area contributed by atoms with Gasteiger partial charge in [0.15, 0.2) is 0 Å². The van der Waals surface area contributed by atoms with Crippen molar-refractivity contribution in [1.29, 1.82) is 0 Å². The van der Waals surface area contributed by atoms with E-state index >= 15 is 0 Å². The van der Waals surface area contributed by atoms with Crippen LogP contribution in [0, 0.1) is 5.92 Å². The lowest BCUT2D eigenvalue weighted by molar-refractivity contribution is 0.297. The number of anilines is 1. The number of hydrogen-bond donors (Lipinski definition) is 2. The number of hydrogen-bond acceptors (Lipinski definition) is 3. The molecule has 0 heterocycles. The predicted molar refractivity (Wildman–Crippen MR) is 89.5 cm³/mol. The molecule has 1 aliphatic carbocycles. The largest absolute Gasteiger partial charge is 0.399 e. The van der Waals surface area contributed by atoms with Crippen LogP contribution in [0.15, 0.2) is 27.6 Å². The standard InChI is InChI=1S/C15H23BrN2O2S/c1-2-3-11-4-7-13(8-5-11)18-21(19,20)15-9-6-12(17)10-14(15)16/h6,9-11,13,18H,2-5,7-8,17H2,1H3. The van der Waals surface area contributed by atoms with Crippen LogP contribution in [0.1, 0.15) is 45.4 Å². The van der Waals surface area contributed by atoms with Gasteiger partial charge in [-0.25, -0.2) is 13.1 Å². The lowest BCUT2D eigenvalue weighted by Crippen LogP contribution is -2.37. The van der Waals surface area contributed by atoms with Crippen molar-refractivity contribution >= 4 is 31.6 Å². The summed E-state index contributed by atoms with van der Waals surface area (Å²) in [5, 5.41) is 0. The fourth-order valence-electron chi connectivity index (χ4n) is 3.00. The Morgan fingerprint density at radius 3 is 2.52 bits per heavy atom. The van der Waals surface area contributed by atoms with E-state index in [1.165, 1.54) is 12.8 Å². The molecule has 4 nitrogen and oxygen atoms in total. The molecule has 1 aromatic carbocycles. The number of nitrogen functional groups attached to an aromatic ring is 1. The van der Waals surface area contributed by atoms with Gasteiger partial charge in [0, 0.05) is 16.2 Å².